The van der Waals surface area contributed by atoms with Gasteiger partial charge in [0.05, 0.1) is 11.4 Å². The second-order valence-electron chi connectivity index (χ2n) is 7.07. The van der Waals surface area contributed by atoms with Crippen LogP contribution >= 0.6 is 0 Å². The van der Waals surface area contributed by atoms with Crippen LogP contribution in [-0.4, -0.2) is 35.9 Å². The van der Waals surface area contributed by atoms with Crippen molar-refractivity contribution in [3.05, 3.63) is 77.9 Å². The lowest BCUT2D eigenvalue weighted by atomic mass is 10.1. The van der Waals surface area contributed by atoms with Crippen molar-refractivity contribution in [2.75, 3.05) is 5.32 Å². The van der Waals surface area contributed by atoms with Gasteiger partial charge in [0.25, 0.3) is 5.91 Å². The van der Waals surface area contributed by atoms with Crippen LogP contribution in [0, 0.1) is 6.92 Å². The summed E-state index contributed by atoms with van der Waals surface area (Å²) in [6.45, 7) is 6.12. The zero-order chi connectivity index (χ0) is 20.4. The number of carbonyl (C=O) groups is 1. The van der Waals surface area contributed by atoms with Gasteiger partial charge in [-0.25, -0.2) is 9.36 Å². The highest BCUT2D eigenvalue weighted by Crippen LogP contribution is 2.22. The van der Waals surface area contributed by atoms with Crippen molar-refractivity contribution in [2.24, 2.45) is 0 Å². The Hall–Kier alpha value is -3.81. The number of nitrogens with one attached hydrogen (secondary N) is 1. The Morgan fingerprint density at radius 3 is 2.55 bits per heavy atom. The summed E-state index contributed by atoms with van der Waals surface area (Å²) >= 11 is 0. The van der Waals surface area contributed by atoms with Crippen LogP contribution in [0.2, 0.25) is 0 Å². The van der Waals surface area contributed by atoms with Crippen molar-refractivity contribution in [3.8, 4) is 11.4 Å². The highest BCUT2D eigenvalue weighted by atomic mass is 16.2. The molecule has 1 amide bonds. The third-order valence-electron chi connectivity index (χ3n) is 4.62. The SMILES string of the molecule is Cc1ccc(NC(=O)c2cc(C(C)C)n(-c3ccccc3)n2)cc1-n1cnnn1. The second kappa shape index (κ2) is 7.67. The highest BCUT2D eigenvalue weighted by molar-refractivity contribution is 6.03. The van der Waals surface area contributed by atoms with E-state index in [0.717, 1.165) is 22.6 Å². The number of nitrogens with zero attached hydrogens (tertiary/aromatic N) is 6. The van der Waals surface area contributed by atoms with Crippen LogP contribution in [0.3, 0.4) is 0 Å². The van der Waals surface area contributed by atoms with Crippen LogP contribution in [0.25, 0.3) is 11.4 Å². The highest BCUT2D eigenvalue weighted by Gasteiger charge is 2.18. The molecule has 0 saturated carbocycles. The summed E-state index contributed by atoms with van der Waals surface area (Å²) < 4.78 is 3.38. The van der Waals surface area contributed by atoms with Gasteiger partial charge >= 0.3 is 0 Å². The summed E-state index contributed by atoms with van der Waals surface area (Å²) in [5, 5.41) is 18.7. The molecular formula is C21H21N7O. The van der Waals surface area contributed by atoms with E-state index in [-0.39, 0.29) is 11.8 Å². The molecular weight excluding hydrogens is 366 g/mol. The Morgan fingerprint density at radius 1 is 1.07 bits per heavy atom. The second-order valence-corrected chi connectivity index (χ2v) is 7.07. The molecule has 0 fully saturated rings. The fourth-order valence-electron chi connectivity index (χ4n) is 3.09. The number of rotatable bonds is 5. The minimum atomic E-state index is -0.270. The first kappa shape index (κ1) is 18.5. The molecule has 8 nitrogen and oxygen atoms in total. The van der Waals surface area contributed by atoms with Crippen LogP contribution in [0.4, 0.5) is 5.69 Å². The number of aromatic nitrogens is 6. The maximum atomic E-state index is 12.9. The van der Waals surface area contributed by atoms with E-state index in [9.17, 15) is 4.79 Å². The summed E-state index contributed by atoms with van der Waals surface area (Å²) in [6, 6.07) is 17.2. The number of aryl methyl sites for hydroxylation is 1. The fraction of sp³-hybridized carbons (Fsp3) is 0.190. The molecule has 0 aliphatic carbocycles. The number of hydrogen-bond donors (Lipinski definition) is 1. The van der Waals surface area contributed by atoms with Crippen molar-refractivity contribution in [1.82, 2.24) is 30.0 Å². The lowest BCUT2D eigenvalue weighted by molar-refractivity contribution is 0.102. The van der Waals surface area contributed by atoms with Gasteiger partial charge in [-0.1, -0.05) is 38.1 Å². The van der Waals surface area contributed by atoms with Gasteiger partial charge < -0.3 is 5.32 Å². The molecule has 0 bridgehead atoms. The molecule has 0 radical (unpaired) electrons. The normalized spacial score (nSPS) is 11.0. The molecule has 1 N–H and O–H groups in total. The smallest absolute Gasteiger partial charge is 0.276 e. The Labute approximate surface area is 168 Å². The average molecular weight is 387 g/mol. The number of para-hydroxylation sites is 1. The number of amides is 1. The molecule has 8 heteroatoms. The van der Waals surface area contributed by atoms with Gasteiger partial charge in [-0.2, -0.15) is 5.10 Å². The van der Waals surface area contributed by atoms with Gasteiger partial charge in [-0.3, -0.25) is 4.79 Å². The van der Waals surface area contributed by atoms with Gasteiger partial charge in [0.2, 0.25) is 0 Å². The zero-order valence-corrected chi connectivity index (χ0v) is 16.4. The van der Waals surface area contributed by atoms with Crippen LogP contribution in [0.5, 0.6) is 0 Å². The molecule has 4 aromatic rings. The monoisotopic (exact) mass is 387 g/mol. The Bertz CT molecular complexity index is 1130. The molecule has 0 saturated heterocycles. The van der Waals surface area contributed by atoms with E-state index in [4.69, 9.17) is 0 Å². The number of tetrazole rings is 1. The van der Waals surface area contributed by atoms with Crippen molar-refractivity contribution in [2.45, 2.75) is 26.7 Å². The minimum Gasteiger partial charge on any atom is -0.321 e. The summed E-state index contributed by atoms with van der Waals surface area (Å²) in [5.74, 6) is -0.0526. The van der Waals surface area contributed by atoms with Crippen LogP contribution in [-0.2, 0) is 0 Å². The predicted molar refractivity (Wildman–Crippen MR) is 109 cm³/mol. The van der Waals surface area contributed by atoms with E-state index in [1.54, 1.807) is 4.68 Å². The molecule has 0 atom stereocenters. The molecule has 0 spiro atoms. The summed E-state index contributed by atoms with van der Waals surface area (Å²) in [7, 11) is 0. The molecule has 0 aliphatic heterocycles. The van der Waals surface area contributed by atoms with E-state index < -0.39 is 0 Å². The zero-order valence-electron chi connectivity index (χ0n) is 16.4. The summed E-state index contributed by atoms with van der Waals surface area (Å²) in [4.78, 5) is 12.9. The maximum Gasteiger partial charge on any atom is 0.276 e. The van der Waals surface area contributed by atoms with Gasteiger partial charge in [0.15, 0.2) is 5.69 Å². The number of benzene rings is 2. The third-order valence-corrected chi connectivity index (χ3v) is 4.62. The molecule has 4 rings (SSSR count). The first-order chi connectivity index (χ1) is 14.0. The predicted octanol–water partition coefficient (Wildman–Crippen LogP) is 3.53. The van der Waals surface area contributed by atoms with E-state index >= 15 is 0 Å². The van der Waals surface area contributed by atoms with Gasteiger partial charge in [-0.05, 0) is 59.2 Å². The first-order valence-electron chi connectivity index (χ1n) is 9.33. The minimum absolute atomic E-state index is 0.218. The number of hydrogen-bond acceptors (Lipinski definition) is 5. The standard InChI is InChI=1S/C21H21N7O/c1-14(2)19-12-18(24-28(19)17-7-5-4-6-8-17)21(29)23-16-10-9-15(3)20(11-16)27-13-22-25-26-27/h4-14H,1-3H3,(H,23,29). The van der Waals surface area contributed by atoms with E-state index in [1.165, 1.54) is 6.33 Å². The van der Waals surface area contributed by atoms with E-state index in [0.29, 0.717) is 11.4 Å². The van der Waals surface area contributed by atoms with Crippen LogP contribution in [0.15, 0.2) is 60.9 Å². The first-order valence-corrected chi connectivity index (χ1v) is 9.33. The summed E-state index contributed by atoms with van der Waals surface area (Å²) in [6.07, 6.45) is 1.52. The summed E-state index contributed by atoms with van der Waals surface area (Å²) in [5.41, 5.74) is 4.69. The number of carbonyl (C=O) groups excluding carboxylic acids is 1. The third kappa shape index (κ3) is 3.77. The molecule has 0 unspecified atom stereocenters. The van der Waals surface area contributed by atoms with E-state index in [2.05, 4.69) is 39.8 Å². The fourth-order valence-corrected chi connectivity index (χ4v) is 3.09. The van der Waals surface area contributed by atoms with Crippen molar-refractivity contribution < 1.29 is 4.79 Å². The molecule has 2 heterocycles. The van der Waals surface area contributed by atoms with E-state index in [1.807, 2.05) is 66.2 Å². The molecule has 2 aromatic heterocycles. The van der Waals surface area contributed by atoms with Gasteiger partial charge in [-0.15, -0.1) is 5.10 Å². The van der Waals surface area contributed by atoms with Crippen molar-refractivity contribution in [1.29, 1.82) is 0 Å². The van der Waals surface area contributed by atoms with Gasteiger partial charge in [0, 0.05) is 11.4 Å². The maximum absolute atomic E-state index is 12.9. The van der Waals surface area contributed by atoms with Crippen molar-refractivity contribution in [3.63, 3.8) is 0 Å². The average Bonchev–Trinajstić information content (AvgIpc) is 3.40. The van der Waals surface area contributed by atoms with Crippen LogP contribution < -0.4 is 5.32 Å². The topological polar surface area (TPSA) is 90.5 Å². The van der Waals surface area contributed by atoms with Gasteiger partial charge in [0.1, 0.15) is 6.33 Å². The lowest BCUT2D eigenvalue weighted by Gasteiger charge is -2.09. The molecule has 2 aromatic carbocycles. The Kier molecular flexibility index (Phi) is 4.90. The molecule has 0 aliphatic rings. The number of anilines is 1. The van der Waals surface area contributed by atoms with Crippen LogP contribution in [0.1, 0.15) is 41.5 Å². The lowest BCUT2D eigenvalue weighted by Crippen LogP contribution is -2.13. The molecule has 29 heavy (non-hydrogen) atoms. The largest absolute Gasteiger partial charge is 0.321 e. The quantitative estimate of drug-likeness (QED) is 0.566. The Balaban J connectivity index is 1.64. The molecule has 146 valence electrons. The van der Waals surface area contributed by atoms with Crippen molar-refractivity contribution >= 4 is 11.6 Å². The Morgan fingerprint density at radius 2 is 1.86 bits per heavy atom.